The van der Waals surface area contributed by atoms with E-state index in [0.29, 0.717) is 11.1 Å². The van der Waals surface area contributed by atoms with E-state index in [1.165, 1.54) is 0 Å². The molecule has 2 rings (SSSR count). The summed E-state index contributed by atoms with van der Waals surface area (Å²) in [6.45, 7) is 4.02. The highest BCUT2D eigenvalue weighted by Crippen LogP contribution is 2.13. The van der Waals surface area contributed by atoms with Crippen LogP contribution in [0, 0.1) is 0 Å². The van der Waals surface area contributed by atoms with Gasteiger partial charge in [-0.05, 0) is 35.1 Å². The zero-order valence-corrected chi connectivity index (χ0v) is 17.4. The Balaban J connectivity index is 1.94. The van der Waals surface area contributed by atoms with Gasteiger partial charge in [-0.25, -0.2) is 0 Å². The maximum absolute atomic E-state index is 12.2. The van der Waals surface area contributed by atoms with Crippen LogP contribution in [0.5, 0.6) is 0 Å². The van der Waals surface area contributed by atoms with Crippen molar-refractivity contribution in [2.75, 3.05) is 0 Å². The van der Waals surface area contributed by atoms with Crippen LogP contribution < -0.4 is 0 Å². The molecule has 0 spiro atoms. The molecule has 0 bridgehead atoms. The van der Waals surface area contributed by atoms with Crippen molar-refractivity contribution in [3.63, 3.8) is 0 Å². The number of ketones is 2. The van der Waals surface area contributed by atoms with E-state index >= 15 is 0 Å². The lowest BCUT2D eigenvalue weighted by Crippen LogP contribution is -2.47. The molecule has 162 valence electrons. The molecule has 0 aliphatic carbocycles. The van der Waals surface area contributed by atoms with Crippen molar-refractivity contribution in [2.24, 2.45) is 0 Å². The maximum atomic E-state index is 12.2. The fourth-order valence-corrected chi connectivity index (χ4v) is 3.17. The zero-order valence-electron chi connectivity index (χ0n) is 17.4. The fraction of sp³-hybridized carbons (Fsp3) is 0.417. The van der Waals surface area contributed by atoms with Gasteiger partial charge in [0.25, 0.3) is 0 Å². The summed E-state index contributed by atoms with van der Waals surface area (Å²) in [5.41, 5.74) is 3.63. The molecule has 2 unspecified atom stereocenters. The highest BCUT2D eigenvalue weighted by molar-refractivity contribution is 6.40. The average Bonchev–Trinajstić information content (AvgIpc) is 2.77. The highest BCUT2D eigenvalue weighted by atomic mass is 16.3. The minimum Gasteiger partial charge on any atom is -0.390 e. The van der Waals surface area contributed by atoms with E-state index in [1.54, 1.807) is 24.3 Å². The lowest BCUT2D eigenvalue weighted by atomic mass is 9.94. The first kappa shape index (κ1) is 23.9. The molecule has 2 aromatic carbocycles. The Morgan fingerprint density at radius 1 is 0.600 bits per heavy atom. The minimum absolute atomic E-state index is 0.0212. The van der Waals surface area contributed by atoms with Gasteiger partial charge in [0.05, 0.1) is 12.2 Å². The second-order valence-corrected chi connectivity index (χ2v) is 7.50. The summed E-state index contributed by atoms with van der Waals surface area (Å²) in [6, 6.07) is 14.7. The molecule has 0 aliphatic rings. The molecule has 4 N–H and O–H groups in total. The molecule has 0 aliphatic heterocycles. The number of aryl methyl sites for hydroxylation is 2. The van der Waals surface area contributed by atoms with E-state index in [1.807, 2.05) is 38.1 Å². The first-order valence-corrected chi connectivity index (χ1v) is 10.2. The van der Waals surface area contributed by atoms with Crippen LogP contribution in [-0.2, 0) is 35.3 Å². The number of aliphatic hydroxyl groups is 4. The van der Waals surface area contributed by atoms with Gasteiger partial charge in [0, 0.05) is 12.8 Å². The summed E-state index contributed by atoms with van der Waals surface area (Å²) in [7, 11) is 0. The molecule has 0 saturated heterocycles. The first-order chi connectivity index (χ1) is 14.3. The van der Waals surface area contributed by atoms with Gasteiger partial charge in [-0.15, -0.1) is 0 Å². The summed E-state index contributed by atoms with van der Waals surface area (Å²) in [6.07, 6.45) is -5.27. The standard InChI is InChI=1S/C24H30O6/c1-3-15-5-9-17(10-6-15)13-19(25)21(27)23(29)24(30)22(28)20(26)14-18-11-7-16(4-2)8-12-18/h5-12,19-22,25-28H,3-4,13-14H2,1-2H3/t19?,20?,21-,22+. The Kier molecular flexibility index (Phi) is 8.87. The minimum atomic E-state index is -1.98. The van der Waals surface area contributed by atoms with Gasteiger partial charge in [0.2, 0.25) is 11.6 Å². The molecule has 0 amide bonds. The number of carbonyl (C=O) groups is 2. The SMILES string of the molecule is CCc1ccc(CC(O)[C@H](O)C(=O)C(=O)[C@H](O)C(O)Cc2ccc(CC)cc2)cc1. The van der Waals surface area contributed by atoms with E-state index in [-0.39, 0.29) is 12.8 Å². The van der Waals surface area contributed by atoms with Crippen molar-refractivity contribution in [2.45, 2.75) is 63.9 Å². The van der Waals surface area contributed by atoms with Crippen LogP contribution in [0.25, 0.3) is 0 Å². The quantitative estimate of drug-likeness (QED) is 0.411. The molecule has 0 saturated carbocycles. The average molecular weight is 414 g/mol. The van der Waals surface area contributed by atoms with Gasteiger partial charge in [0.1, 0.15) is 12.2 Å². The van der Waals surface area contributed by atoms with Crippen molar-refractivity contribution in [1.82, 2.24) is 0 Å². The van der Waals surface area contributed by atoms with Gasteiger partial charge < -0.3 is 20.4 Å². The first-order valence-electron chi connectivity index (χ1n) is 10.2. The van der Waals surface area contributed by atoms with Crippen molar-refractivity contribution < 1.29 is 30.0 Å². The second kappa shape index (κ2) is 11.1. The maximum Gasteiger partial charge on any atom is 0.232 e. The Morgan fingerprint density at radius 3 is 1.13 bits per heavy atom. The van der Waals surface area contributed by atoms with Gasteiger partial charge in [0.15, 0.2) is 0 Å². The number of hydrogen-bond donors (Lipinski definition) is 4. The Hall–Kier alpha value is -2.38. The van der Waals surface area contributed by atoms with E-state index in [9.17, 15) is 30.0 Å². The van der Waals surface area contributed by atoms with Crippen LogP contribution in [0.4, 0.5) is 0 Å². The lowest BCUT2D eigenvalue weighted by Gasteiger charge is -2.20. The van der Waals surface area contributed by atoms with E-state index in [0.717, 1.165) is 24.0 Å². The normalized spacial score (nSPS) is 15.3. The molecule has 4 atom stereocenters. The van der Waals surface area contributed by atoms with Crippen LogP contribution in [-0.4, -0.2) is 56.4 Å². The van der Waals surface area contributed by atoms with Gasteiger partial charge in [-0.2, -0.15) is 0 Å². The van der Waals surface area contributed by atoms with Gasteiger partial charge >= 0.3 is 0 Å². The third-order valence-corrected chi connectivity index (χ3v) is 5.26. The molecule has 0 heterocycles. The van der Waals surface area contributed by atoms with Crippen LogP contribution in [0.2, 0.25) is 0 Å². The van der Waals surface area contributed by atoms with Crippen molar-refractivity contribution >= 4 is 11.6 Å². The third-order valence-electron chi connectivity index (χ3n) is 5.26. The molecular formula is C24H30O6. The highest BCUT2D eigenvalue weighted by Gasteiger charge is 2.36. The van der Waals surface area contributed by atoms with E-state index in [4.69, 9.17) is 0 Å². The van der Waals surface area contributed by atoms with Crippen molar-refractivity contribution in [3.8, 4) is 0 Å². The summed E-state index contributed by atoms with van der Waals surface area (Å²) in [4.78, 5) is 24.5. The molecule has 6 nitrogen and oxygen atoms in total. The summed E-state index contributed by atoms with van der Waals surface area (Å²) >= 11 is 0. The summed E-state index contributed by atoms with van der Waals surface area (Å²) in [5, 5.41) is 40.5. The van der Waals surface area contributed by atoms with E-state index in [2.05, 4.69) is 0 Å². The number of rotatable bonds is 11. The molecule has 0 aromatic heterocycles. The fourth-order valence-electron chi connectivity index (χ4n) is 3.17. The number of carbonyl (C=O) groups excluding carboxylic acids is 2. The Morgan fingerprint density at radius 2 is 0.867 bits per heavy atom. The number of hydrogen-bond acceptors (Lipinski definition) is 6. The molecule has 2 aromatic rings. The second-order valence-electron chi connectivity index (χ2n) is 7.50. The van der Waals surface area contributed by atoms with E-state index < -0.39 is 36.0 Å². The number of benzene rings is 2. The van der Waals surface area contributed by atoms with Crippen molar-refractivity contribution in [1.29, 1.82) is 0 Å². The molecule has 6 heteroatoms. The summed E-state index contributed by atoms with van der Waals surface area (Å²) < 4.78 is 0. The smallest absolute Gasteiger partial charge is 0.232 e. The summed E-state index contributed by atoms with van der Waals surface area (Å²) in [5.74, 6) is -2.64. The van der Waals surface area contributed by atoms with Gasteiger partial charge in [-0.1, -0.05) is 62.4 Å². The Bertz CT molecular complexity index is 756. The number of aliphatic hydroxyl groups excluding tert-OH is 4. The molecule has 30 heavy (non-hydrogen) atoms. The van der Waals surface area contributed by atoms with Crippen molar-refractivity contribution in [3.05, 3.63) is 70.8 Å². The van der Waals surface area contributed by atoms with Crippen LogP contribution >= 0.6 is 0 Å². The van der Waals surface area contributed by atoms with Crippen LogP contribution in [0.1, 0.15) is 36.1 Å². The zero-order chi connectivity index (χ0) is 22.3. The predicted molar refractivity (Wildman–Crippen MR) is 113 cm³/mol. The number of Topliss-reactive ketones (excluding diaryl/α,β-unsaturated/α-hetero) is 2. The van der Waals surface area contributed by atoms with Crippen LogP contribution in [0.3, 0.4) is 0 Å². The largest absolute Gasteiger partial charge is 0.390 e. The third kappa shape index (κ3) is 6.31. The van der Waals surface area contributed by atoms with Gasteiger partial charge in [-0.3, -0.25) is 9.59 Å². The molecule has 0 radical (unpaired) electrons. The molecular weight excluding hydrogens is 384 g/mol. The Labute approximate surface area is 176 Å². The predicted octanol–water partition coefficient (Wildman–Crippen LogP) is 1.18. The lowest BCUT2D eigenvalue weighted by molar-refractivity contribution is -0.152. The molecule has 0 fully saturated rings. The monoisotopic (exact) mass is 414 g/mol. The topological polar surface area (TPSA) is 115 Å². The van der Waals surface area contributed by atoms with Crippen LogP contribution in [0.15, 0.2) is 48.5 Å².